The van der Waals surface area contributed by atoms with Crippen molar-refractivity contribution in [1.82, 2.24) is 5.32 Å². The third-order valence-electron chi connectivity index (χ3n) is 2.65. The van der Waals surface area contributed by atoms with Gasteiger partial charge >= 0.3 is 0 Å². The zero-order valence-electron chi connectivity index (χ0n) is 9.40. The van der Waals surface area contributed by atoms with Crippen LogP contribution in [0.1, 0.15) is 32.8 Å². The summed E-state index contributed by atoms with van der Waals surface area (Å²) in [5.74, 6) is -0.765. The van der Waals surface area contributed by atoms with Crippen molar-refractivity contribution in [2.75, 3.05) is 0 Å². The summed E-state index contributed by atoms with van der Waals surface area (Å²) in [5, 5.41) is 3.19. The van der Waals surface area contributed by atoms with E-state index >= 15 is 0 Å². The van der Waals surface area contributed by atoms with E-state index in [9.17, 15) is 8.78 Å². The van der Waals surface area contributed by atoms with E-state index in [2.05, 4.69) is 12.2 Å². The summed E-state index contributed by atoms with van der Waals surface area (Å²) >= 11 is 0. The van der Waals surface area contributed by atoms with Gasteiger partial charge in [0, 0.05) is 17.6 Å². The molecule has 0 radical (unpaired) electrons. The summed E-state index contributed by atoms with van der Waals surface area (Å²) in [5.41, 5.74) is 0.315. The van der Waals surface area contributed by atoms with Crippen LogP contribution < -0.4 is 5.32 Å². The molecule has 0 aliphatic carbocycles. The Morgan fingerprint density at radius 2 is 1.93 bits per heavy atom. The van der Waals surface area contributed by atoms with Gasteiger partial charge in [-0.2, -0.15) is 0 Å². The Hall–Kier alpha value is -0.960. The lowest BCUT2D eigenvalue weighted by Gasteiger charge is -2.24. The monoisotopic (exact) mass is 213 g/mol. The molecule has 1 aromatic carbocycles. The minimum absolute atomic E-state index is 0.0568. The molecule has 0 atom stereocenters. The van der Waals surface area contributed by atoms with Crippen molar-refractivity contribution in [3.05, 3.63) is 35.4 Å². The molecule has 84 valence electrons. The van der Waals surface area contributed by atoms with E-state index in [-0.39, 0.29) is 11.4 Å². The second-order valence-electron chi connectivity index (χ2n) is 4.33. The van der Waals surface area contributed by atoms with Crippen molar-refractivity contribution >= 4 is 0 Å². The molecule has 0 aromatic heterocycles. The number of rotatable bonds is 4. The van der Waals surface area contributed by atoms with Crippen LogP contribution in [0.15, 0.2) is 18.2 Å². The van der Waals surface area contributed by atoms with Crippen LogP contribution in [-0.4, -0.2) is 5.54 Å². The number of benzene rings is 1. The summed E-state index contributed by atoms with van der Waals surface area (Å²) < 4.78 is 26.1. The fourth-order valence-electron chi connectivity index (χ4n) is 1.14. The van der Waals surface area contributed by atoms with E-state index < -0.39 is 5.82 Å². The van der Waals surface area contributed by atoms with Gasteiger partial charge in [0.05, 0.1) is 0 Å². The first-order valence-electron chi connectivity index (χ1n) is 5.13. The average molecular weight is 213 g/mol. The number of nitrogens with one attached hydrogen (secondary N) is 1. The van der Waals surface area contributed by atoms with E-state index in [4.69, 9.17) is 0 Å². The Morgan fingerprint density at radius 1 is 1.27 bits per heavy atom. The largest absolute Gasteiger partial charge is 0.308 e. The standard InChI is InChI=1S/C12H17F2N/c1-4-12(2,3)15-8-9-7-10(13)5-6-11(9)14/h5-7,15H,4,8H2,1-3H3. The highest BCUT2D eigenvalue weighted by Crippen LogP contribution is 2.13. The lowest BCUT2D eigenvalue weighted by molar-refractivity contribution is 0.370. The second-order valence-corrected chi connectivity index (χ2v) is 4.33. The van der Waals surface area contributed by atoms with Crippen LogP contribution in [0.5, 0.6) is 0 Å². The predicted molar refractivity (Wildman–Crippen MR) is 57.6 cm³/mol. The highest BCUT2D eigenvalue weighted by atomic mass is 19.1. The van der Waals surface area contributed by atoms with Crippen molar-refractivity contribution in [2.24, 2.45) is 0 Å². The maximum absolute atomic E-state index is 13.2. The van der Waals surface area contributed by atoms with Gasteiger partial charge in [0.25, 0.3) is 0 Å². The van der Waals surface area contributed by atoms with Crippen LogP contribution >= 0.6 is 0 Å². The fraction of sp³-hybridized carbons (Fsp3) is 0.500. The molecule has 0 aliphatic heterocycles. The van der Waals surface area contributed by atoms with E-state index in [0.29, 0.717) is 12.1 Å². The molecule has 0 aliphatic rings. The minimum Gasteiger partial charge on any atom is -0.308 e. The zero-order valence-corrected chi connectivity index (χ0v) is 9.40. The van der Waals surface area contributed by atoms with Gasteiger partial charge in [-0.15, -0.1) is 0 Å². The maximum atomic E-state index is 13.2. The molecule has 0 heterocycles. The minimum atomic E-state index is -0.400. The van der Waals surface area contributed by atoms with Crippen molar-refractivity contribution in [3.8, 4) is 0 Å². The Morgan fingerprint density at radius 3 is 2.53 bits per heavy atom. The first-order valence-corrected chi connectivity index (χ1v) is 5.13. The van der Waals surface area contributed by atoms with Gasteiger partial charge in [-0.05, 0) is 38.5 Å². The van der Waals surface area contributed by atoms with Crippen LogP contribution in [0.2, 0.25) is 0 Å². The Bertz CT molecular complexity index is 334. The molecule has 0 saturated carbocycles. The second kappa shape index (κ2) is 4.71. The van der Waals surface area contributed by atoms with Crippen molar-refractivity contribution in [1.29, 1.82) is 0 Å². The summed E-state index contributed by atoms with van der Waals surface area (Å²) in [4.78, 5) is 0. The normalized spacial score (nSPS) is 11.8. The topological polar surface area (TPSA) is 12.0 Å². The first-order chi connectivity index (χ1) is 6.94. The average Bonchev–Trinajstić information content (AvgIpc) is 2.20. The number of halogens is 2. The summed E-state index contributed by atoms with van der Waals surface area (Å²) in [6.07, 6.45) is 0.934. The van der Waals surface area contributed by atoms with Crippen molar-refractivity contribution < 1.29 is 8.78 Å². The molecule has 0 bridgehead atoms. The van der Waals surface area contributed by atoms with Gasteiger partial charge in [-0.3, -0.25) is 0 Å². The molecule has 0 spiro atoms. The third-order valence-corrected chi connectivity index (χ3v) is 2.65. The van der Waals surface area contributed by atoms with Crippen LogP contribution in [0.25, 0.3) is 0 Å². The van der Waals surface area contributed by atoms with Gasteiger partial charge in [0.15, 0.2) is 0 Å². The molecule has 0 saturated heterocycles. The first kappa shape index (κ1) is 12.1. The molecule has 15 heavy (non-hydrogen) atoms. The lowest BCUT2D eigenvalue weighted by atomic mass is 10.0. The molecule has 0 unspecified atom stereocenters. The predicted octanol–water partition coefficient (Wildman–Crippen LogP) is 3.24. The van der Waals surface area contributed by atoms with Gasteiger partial charge in [0.2, 0.25) is 0 Å². The molecule has 1 aromatic rings. The van der Waals surface area contributed by atoms with E-state index in [1.165, 1.54) is 6.07 Å². The summed E-state index contributed by atoms with van der Waals surface area (Å²) in [7, 11) is 0. The molecule has 1 nitrogen and oxygen atoms in total. The number of hydrogen-bond acceptors (Lipinski definition) is 1. The molecule has 3 heteroatoms. The van der Waals surface area contributed by atoms with Crippen molar-refractivity contribution in [3.63, 3.8) is 0 Å². The van der Waals surface area contributed by atoms with Crippen molar-refractivity contribution in [2.45, 2.75) is 39.3 Å². The van der Waals surface area contributed by atoms with Crippen LogP contribution in [0.4, 0.5) is 8.78 Å². The van der Waals surface area contributed by atoms with Crippen LogP contribution in [0, 0.1) is 11.6 Å². The zero-order chi connectivity index (χ0) is 11.5. The SMILES string of the molecule is CCC(C)(C)NCc1cc(F)ccc1F. The summed E-state index contributed by atoms with van der Waals surface area (Å²) in [6, 6.07) is 3.52. The van der Waals surface area contributed by atoms with E-state index in [1.54, 1.807) is 0 Å². The van der Waals surface area contributed by atoms with Crippen LogP contribution in [-0.2, 0) is 6.54 Å². The maximum Gasteiger partial charge on any atom is 0.127 e. The molecule has 1 N–H and O–H groups in total. The molecular formula is C12H17F2N. The Balaban J connectivity index is 2.69. The lowest BCUT2D eigenvalue weighted by Crippen LogP contribution is -2.38. The molecule has 0 fully saturated rings. The third kappa shape index (κ3) is 3.59. The van der Waals surface area contributed by atoms with Gasteiger partial charge in [-0.25, -0.2) is 8.78 Å². The Kier molecular flexibility index (Phi) is 3.80. The molecule has 0 amide bonds. The quantitative estimate of drug-likeness (QED) is 0.809. The van der Waals surface area contributed by atoms with Gasteiger partial charge in [-0.1, -0.05) is 6.92 Å². The highest BCUT2D eigenvalue weighted by molar-refractivity contribution is 5.18. The van der Waals surface area contributed by atoms with E-state index in [0.717, 1.165) is 18.6 Å². The number of hydrogen-bond donors (Lipinski definition) is 1. The van der Waals surface area contributed by atoms with Gasteiger partial charge in [0.1, 0.15) is 11.6 Å². The van der Waals surface area contributed by atoms with Gasteiger partial charge < -0.3 is 5.32 Å². The molecular weight excluding hydrogens is 196 g/mol. The van der Waals surface area contributed by atoms with Crippen LogP contribution in [0.3, 0.4) is 0 Å². The van der Waals surface area contributed by atoms with E-state index in [1.807, 2.05) is 13.8 Å². The Labute approximate surface area is 89.5 Å². The highest BCUT2D eigenvalue weighted by Gasteiger charge is 2.14. The summed E-state index contributed by atoms with van der Waals surface area (Å²) in [6.45, 7) is 6.47. The molecule has 1 rings (SSSR count). The fourth-order valence-corrected chi connectivity index (χ4v) is 1.14. The smallest absolute Gasteiger partial charge is 0.127 e.